The van der Waals surface area contributed by atoms with Gasteiger partial charge in [-0.05, 0) is 25.9 Å². The van der Waals surface area contributed by atoms with Crippen molar-refractivity contribution in [3.8, 4) is 0 Å². The minimum absolute atomic E-state index is 0.0897. The first-order valence-corrected chi connectivity index (χ1v) is 4.77. The van der Waals surface area contributed by atoms with Crippen LogP contribution >= 0.6 is 0 Å². The Morgan fingerprint density at radius 2 is 1.83 bits per heavy atom. The number of amides is 1. The second-order valence-electron chi connectivity index (χ2n) is 2.72. The zero-order chi connectivity index (χ0) is 9.40. The van der Waals surface area contributed by atoms with E-state index in [4.69, 9.17) is 0 Å². The Bertz CT molecular complexity index is 120. The summed E-state index contributed by atoms with van der Waals surface area (Å²) < 4.78 is 0. The van der Waals surface area contributed by atoms with E-state index >= 15 is 0 Å². The fraction of sp³-hybridized carbons (Fsp3) is 0.889. The van der Waals surface area contributed by atoms with E-state index in [2.05, 4.69) is 10.6 Å². The van der Waals surface area contributed by atoms with Crippen LogP contribution in [0, 0.1) is 0 Å². The lowest BCUT2D eigenvalue weighted by Gasteiger charge is -2.22. The normalized spacial score (nSPS) is 17.6. The van der Waals surface area contributed by atoms with Gasteiger partial charge in [0.15, 0.2) is 0 Å². The molecule has 0 saturated carbocycles. The summed E-state index contributed by atoms with van der Waals surface area (Å²) in [6.45, 7) is 7.64. The molecule has 1 rings (SSSR count). The summed E-state index contributed by atoms with van der Waals surface area (Å²) in [4.78, 5) is 10.6. The van der Waals surface area contributed by atoms with Crippen molar-refractivity contribution in [3.05, 3.63) is 0 Å². The van der Waals surface area contributed by atoms with E-state index in [0.717, 1.165) is 25.9 Å². The minimum Gasteiger partial charge on any atom is -0.354 e. The SMILES string of the molecule is CC.CC(=O)NC1CCNCC1. The standard InChI is InChI=1S/C7H14N2O.C2H6/c1-6(10)9-7-2-4-8-5-3-7;1-2/h7-8H,2-5H2,1H3,(H,9,10);1-2H3. The molecule has 0 unspecified atom stereocenters. The van der Waals surface area contributed by atoms with Crippen LogP contribution in [-0.2, 0) is 4.79 Å². The molecule has 2 N–H and O–H groups in total. The average Bonchev–Trinajstić information content (AvgIpc) is 2.08. The smallest absolute Gasteiger partial charge is 0.217 e. The molecule has 12 heavy (non-hydrogen) atoms. The van der Waals surface area contributed by atoms with Crippen LogP contribution in [0.4, 0.5) is 0 Å². The van der Waals surface area contributed by atoms with E-state index < -0.39 is 0 Å². The number of rotatable bonds is 1. The fourth-order valence-corrected chi connectivity index (χ4v) is 1.25. The zero-order valence-electron chi connectivity index (χ0n) is 8.31. The fourth-order valence-electron chi connectivity index (χ4n) is 1.25. The second kappa shape index (κ2) is 7.10. The Kier molecular flexibility index (Phi) is 6.76. The molecular weight excluding hydrogens is 152 g/mol. The molecule has 3 heteroatoms. The number of hydrogen-bond donors (Lipinski definition) is 2. The highest BCUT2D eigenvalue weighted by molar-refractivity contribution is 5.73. The van der Waals surface area contributed by atoms with E-state index in [-0.39, 0.29) is 5.91 Å². The Hall–Kier alpha value is -0.570. The lowest BCUT2D eigenvalue weighted by Crippen LogP contribution is -2.41. The number of piperidine rings is 1. The number of carbonyl (C=O) groups is 1. The van der Waals surface area contributed by atoms with Gasteiger partial charge in [0, 0.05) is 13.0 Å². The number of nitrogens with one attached hydrogen (secondary N) is 2. The van der Waals surface area contributed by atoms with E-state index in [1.807, 2.05) is 13.8 Å². The highest BCUT2D eigenvalue weighted by Crippen LogP contribution is 2.00. The van der Waals surface area contributed by atoms with Gasteiger partial charge in [-0.1, -0.05) is 13.8 Å². The number of hydrogen-bond acceptors (Lipinski definition) is 2. The van der Waals surface area contributed by atoms with Crippen molar-refractivity contribution < 1.29 is 4.79 Å². The molecule has 1 fully saturated rings. The molecule has 0 radical (unpaired) electrons. The lowest BCUT2D eigenvalue weighted by molar-refractivity contribution is -0.119. The quantitative estimate of drug-likeness (QED) is 0.617. The third-order valence-electron chi connectivity index (χ3n) is 1.75. The summed E-state index contributed by atoms with van der Waals surface area (Å²) in [7, 11) is 0. The topological polar surface area (TPSA) is 41.1 Å². The molecule has 1 saturated heterocycles. The van der Waals surface area contributed by atoms with Gasteiger partial charge in [-0.25, -0.2) is 0 Å². The van der Waals surface area contributed by atoms with Gasteiger partial charge >= 0.3 is 0 Å². The average molecular weight is 172 g/mol. The van der Waals surface area contributed by atoms with Gasteiger partial charge in [-0.15, -0.1) is 0 Å². The maximum absolute atomic E-state index is 10.6. The first-order valence-electron chi connectivity index (χ1n) is 4.77. The predicted octanol–water partition coefficient (Wildman–Crippen LogP) is 0.901. The summed E-state index contributed by atoms with van der Waals surface area (Å²) >= 11 is 0. The maximum Gasteiger partial charge on any atom is 0.217 e. The third kappa shape index (κ3) is 5.13. The Labute approximate surface area is 74.9 Å². The van der Waals surface area contributed by atoms with Gasteiger partial charge in [0.25, 0.3) is 0 Å². The molecule has 0 aliphatic carbocycles. The monoisotopic (exact) mass is 172 g/mol. The van der Waals surface area contributed by atoms with Crippen LogP contribution in [0.3, 0.4) is 0 Å². The van der Waals surface area contributed by atoms with Crippen molar-refractivity contribution in [2.45, 2.75) is 39.7 Å². The zero-order valence-corrected chi connectivity index (χ0v) is 8.31. The van der Waals surface area contributed by atoms with Gasteiger partial charge in [0.05, 0.1) is 0 Å². The molecule has 0 aromatic rings. The summed E-state index contributed by atoms with van der Waals surface area (Å²) in [5.41, 5.74) is 0. The Morgan fingerprint density at radius 1 is 1.33 bits per heavy atom. The predicted molar refractivity (Wildman–Crippen MR) is 51.1 cm³/mol. The molecule has 0 aromatic carbocycles. The highest BCUT2D eigenvalue weighted by Gasteiger charge is 2.12. The van der Waals surface area contributed by atoms with Crippen LogP contribution in [0.1, 0.15) is 33.6 Å². The molecule has 1 aliphatic rings. The molecule has 3 nitrogen and oxygen atoms in total. The lowest BCUT2D eigenvalue weighted by atomic mass is 10.1. The van der Waals surface area contributed by atoms with Crippen molar-refractivity contribution in [1.29, 1.82) is 0 Å². The highest BCUT2D eigenvalue weighted by atomic mass is 16.1. The molecule has 1 amide bonds. The van der Waals surface area contributed by atoms with Crippen LogP contribution in [-0.4, -0.2) is 25.0 Å². The van der Waals surface area contributed by atoms with Gasteiger partial charge < -0.3 is 10.6 Å². The van der Waals surface area contributed by atoms with Gasteiger partial charge in [0.1, 0.15) is 0 Å². The van der Waals surface area contributed by atoms with Crippen molar-refractivity contribution >= 4 is 5.91 Å². The van der Waals surface area contributed by atoms with E-state index in [0.29, 0.717) is 6.04 Å². The molecule has 0 bridgehead atoms. The van der Waals surface area contributed by atoms with Gasteiger partial charge in [0.2, 0.25) is 5.91 Å². The molecule has 72 valence electrons. The first kappa shape index (κ1) is 11.4. The van der Waals surface area contributed by atoms with Gasteiger partial charge in [-0.2, -0.15) is 0 Å². The van der Waals surface area contributed by atoms with Crippen molar-refractivity contribution in [2.75, 3.05) is 13.1 Å². The van der Waals surface area contributed by atoms with Crippen LogP contribution in [0.2, 0.25) is 0 Å². The second-order valence-corrected chi connectivity index (χ2v) is 2.72. The largest absolute Gasteiger partial charge is 0.354 e. The molecular formula is C9H20N2O. The van der Waals surface area contributed by atoms with Crippen LogP contribution in [0.15, 0.2) is 0 Å². The van der Waals surface area contributed by atoms with Crippen molar-refractivity contribution in [1.82, 2.24) is 10.6 Å². The maximum atomic E-state index is 10.6. The third-order valence-corrected chi connectivity index (χ3v) is 1.75. The van der Waals surface area contributed by atoms with Crippen molar-refractivity contribution in [3.63, 3.8) is 0 Å². The minimum atomic E-state index is 0.0897. The molecule has 1 aliphatic heterocycles. The van der Waals surface area contributed by atoms with E-state index in [9.17, 15) is 4.79 Å². The van der Waals surface area contributed by atoms with E-state index in [1.165, 1.54) is 0 Å². The van der Waals surface area contributed by atoms with Crippen LogP contribution in [0.5, 0.6) is 0 Å². The molecule has 0 aromatic heterocycles. The van der Waals surface area contributed by atoms with Crippen LogP contribution < -0.4 is 10.6 Å². The van der Waals surface area contributed by atoms with E-state index in [1.54, 1.807) is 6.92 Å². The number of carbonyl (C=O) groups excluding carboxylic acids is 1. The summed E-state index contributed by atoms with van der Waals surface area (Å²) in [6.07, 6.45) is 2.14. The summed E-state index contributed by atoms with van der Waals surface area (Å²) in [6, 6.07) is 0.416. The molecule has 0 atom stereocenters. The Morgan fingerprint density at radius 3 is 2.25 bits per heavy atom. The summed E-state index contributed by atoms with van der Waals surface area (Å²) in [5, 5.41) is 6.14. The molecule has 0 spiro atoms. The summed E-state index contributed by atoms with van der Waals surface area (Å²) in [5.74, 6) is 0.0897. The first-order chi connectivity index (χ1) is 5.79. The van der Waals surface area contributed by atoms with Gasteiger partial charge in [-0.3, -0.25) is 4.79 Å². The van der Waals surface area contributed by atoms with Crippen LogP contribution in [0.25, 0.3) is 0 Å². The van der Waals surface area contributed by atoms with Crippen molar-refractivity contribution in [2.24, 2.45) is 0 Å². The Balaban J connectivity index is 0.000000561. The molecule has 1 heterocycles.